The van der Waals surface area contributed by atoms with Crippen LogP contribution in [0.4, 0.5) is 11.6 Å². The van der Waals surface area contributed by atoms with E-state index in [1.54, 1.807) is 18.2 Å². The Morgan fingerprint density at radius 2 is 2.28 bits per heavy atom. The number of nitrogens with two attached hydrogens (primary N) is 1. The number of nitrogens with zero attached hydrogens (tertiary/aromatic N) is 3. The van der Waals surface area contributed by atoms with Gasteiger partial charge in [-0.15, -0.1) is 5.10 Å². The number of nitrogens with one attached hydrogen (secondary N) is 2. The van der Waals surface area contributed by atoms with Gasteiger partial charge < -0.3 is 10.7 Å². The van der Waals surface area contributed by atoms with Crippen molar-refractivity contribution in [1.82, 2.24) is 15.2 Å². The SMILES string of the molecule is NNc1ncc(Br)cc1C(=O)Nc1cccnn1. The fraction of sp³-hybridized carbons (Fsp3) is 0. The van der Waals surface area contributed by atoms with Gasteiger partial charge in [-0.25, -0.2) is 10.8 Å². The number of amides is 1. The van der Waals surface area contributed by atoms with Crippen molar-refractivity contribution in [1.29, 1.82) is 0 Å². The number of anilines is 2. The third-order valence-corrected chi connectivity index (χ3v) is 2.48. The maximum Gasteiger partial charge on any atom is 0.260 e. The number of aromatic nitrogens is 3. The van der Waals surface area contributed by atoms with Crippen molar-refractivity contribution in [2.45, 2.75) is 0 Å². The Morgan fingerprint density at radius 1 is 1.44 bits per heavy atom. The van der Waals surface area contributed by atoms with Crippen LogP contribution in [0.2, 0.25) is 0 Å². The molecule has 0 unspecified atom stereocenters. The van der Waals surface area contributed by atoms with Crippen LogP contribution in [0, 0.1) is 0 Å². The monoisotopic (exact) mass is 308 g/mol. The Bertz CT molecular complexity index is 562. The van der Waals surface area contributed by atoms with Crippen LogP contribution in [0.3, 0.4) is 0 Å². The van der Waals surface area contributed by atoms with Crippen LogP contribution in [-0.2, 0) is 0 Å². The zero-order valence-corrected chi connectivity index (χ0v) is 10.7. The first-order chi connectivity index (χ1) is 8.70. The molecule has 0 bridgehead atoms. The standard InChI is InChI=1S/C10H9BrN6O/c11-6-4-7(9(16-12)13-5-6)10(18)15-8-2-1-3-14-17-8/h1-5H,12H2,(H,13,16)(H,15,17,18). The zero-order valence-electron chi connectivity index (χ0n) is 9.09. The molecule has 0 fully saturated rings. The van der Waals surface area contributed by atoms with Crippen molar-refractivity contribution in [3.05, 3.63) is 40.6 Å². The predicted octanol–water partition coefficient (Wildman–Crippen LogP) is 1.17. The van der Waals surface area contributed by atoms with Gasteiger partial charge in [0.1, 0.15) is 0 Å². The minimum Gasteiger partial charge on any atom is -0.308 e. The molecule has 2 rings (SSSR count). The Kier molecular flexibility index (Phi) is 3.80. The van der Waals surface area contributed by atoms with E-state index < -0.39 is 0 Å². The van der Waals surface area contributed by atoms with Gasteiger partial charge in [-0.2, -0.15) is 5.10 Å². The molecule has 2 heterocycles. The normalized spacial score (nSPS) is 9.89. The van der Waals surface area contributed by atoms with Gasteiger partial charge in [0, 0.05) is 16.9 Å². The third kappa shape index (κ3) is 2.79. The Hall–Kier alpha value is -2.06. The van der Waals surface area contributed by atoms with Crippen LogP contribution >= 0.6 is 15.9 Å². The van der Waals surface area contributed by atoms with Crippen molar-refractivity contribution in [3.8, 4) is 0 Å². The summed E-state index contributed by atoms with van der Waals surface area (Å²) in [7, 11) is 0. The summed E-state index contributed by atoms with van der Waals surface area (Å²) in [6.07, 6.45) is 3.05. The summed E-state index contributed by atoms with van der Waals surface area (Å²) in [5.41, 5.74) is 2.66. The molecule has 0 atom stereocenters. The molecule has 0 aliphatic heterocycles. The van der Waals surface area contributed by atoms with Gasteiger partial charge in [0.2, 0.25) is 0 Å². The first-order valence-corrected chi connectivity index (χ1v) is 5.71. The van der Waals surface area contributed by atoms with E-state index in [-0.39, 0.29) is 11.7 Å². The lowest BCUT2D eigenvalue weighted by molar-refractivity contribution is 0.102. The second-order valence-electron chi connectivity index (χ2n) is 3.26. The first-order valence-electron chi connectivity index (χ1n) is 4.92. The lowest BCUT2D eigenvalue weighted by Gasteiger charge is -2.08. The zero-order chi connectivity index (χ0) is 13.0. The van der Waals surface area contributed by atoms with E-state index >= 15 is 0 Å². The number of hydrogen-bond acceptors (Lipinski definition) is 6. The largest absolute Gasteiger partial charge is 0.308 e. The van der Waals surface area contributed by atoms with Gasteiger partial charge >= 0.3 is 0 Å². The predicted molar refractivity (Wildman–Crippen MR) is 69.7 cm³/mol. The second-order valence-corrected chi connectivity index (χ2v) is 4.17. The fourth-order valence-electron chi connectivity index (χ4n) is 1.28. The van der Waals surface area contributed by atoms with E-state index in [1.165, 1.54) is 12.4 Å². The van der Waals surface area contributed by atoms with Crippen LogP contribution < -0.4 is 16.6 Å². The van der Waals surface area contributed by atoms with E-state index in [9.17, 15) is 4.79 Å². The summed E-state index contributed by atoms with van der Waals surface area (Å²) in [6, 6.07) is 4.91. The number of carbonyl (C=O) groups excluding carboxylic acids is 1. The van der Waals surface area contributed by atoms with Crippen molar-refractivity contribution < 1.29 is 4.79 Å². The second kappa shape index (κ2) is 5.52. The van der Waals surface area contributed by atoms with Gasteiger partial charge in [-0.05, 0) is 34.1 Å². The summed E-state index contributed by atoms with van der Waals surface area (Å²) in [5.74, 6) is 5.55. The van der Waals surface area contributed by atoms with Crippen LogP contribution in [0.1, 0.15) is 10.4 Å². The molecular formula is C10H9BrN6O. The van der Waals surface area contributed by atoms with Crippen molar-refractivity contribution in [2.24, 2.45) is 5.84 Å². The number of hydrogen-bond donors (Lipinski definition) is 3. The van der Waals surface area contributed by atoms with Crippen molar-refractivity contribution in [2.75, 3.05) is 10.7 Å². The Morgan fingerprint density at radius 3 is 2.94 bits per heavy atom. The minimum absolute atomic E-state index is 0.277. The van der Waals surface area contributed by atoms with Crippen molar-refractivity contribution in [3.63, 3.8) is 0 Å². The highest BCUT2D eigenvalue weighted by Gasteiger charge is 2.13. The van der Waals surface area contributed by atoms with Gasteiger partial charge in [-0.3, -0.25) is 4.79 Å². The van der Waals surface area contributed by atoms with Crippen LogP contribution in [-0.4, -0.2) is 21.1 Å². The lowest BCUT2D eigenvalue weighted by atomic mass is 10.2. The molecule has 92 valence electrons. The molecule has 0 aliphatic carbocycles. The van der Waals surface area contributed by atoms with Crippen molar-refractivity contribution >= 4 is 33.5 Å². The summed E-state index contributed by atoms with van der Waals surface area (Å²) < 4.78 is 0.672. The number of nitrogen functional groups attached to an aromatic ring is 1. The fourth-order valence-corrected chi connectivity index (χ4v) is 1.61. The summed E-state index contributed by atoms with van der Waals surface area (Å²) in [4.78, 5) is 16.0. The van der Waals surface area contributed by atoms with Crippen LogP contribution in [0.15, 0.2) is 35.1 Å². The van der Waals surface area contributed by atoms with Gasteiger partial charge in [0.15, 0.2) is 11.6 Å². The number of rotatable bonds is 3. The van der Waals surface area contributed by atoms with E-state index in [0.717, 1.165) is 0 Å². The molecule has 18 heavy (non-hydrogen) atoms. The highest BCUT2D eigenvalue weighted by molar-refractivity contribution is 9.10. The Labute approximate surface area is 111 Å². The van der Waals surface area contributed by atoms with E-state index in [1.807, 2.05) is 0 Å². The average Bonchev–Trinajstić information content (AvgIpc) is 2.40. The molecule has 0 spiro atoms. The molecule has 0 aromatic carbocycles. The van der Waals surface area contributed by atoms with Gasteiger partial charge in [0.25, 0.3) is 5.91 Å². The summed E-state index contributed by atoms with van der Waals surface area (Å²) >= 11 is 3.24. The van der Waals surface area contributed by atoms with Crippen LogP contribution in [0.5, 0.6) is 0 Å². The molecule has 2 aromatic heterocycles. The Balaban J connectivity index is 2.26. The number of halogens is 1. The maximum absolute atomic E-state index is 12.0. The smallest absolute Gasteiger partial charge is 0.260 e. The highest BCUT2D eigenvalue weighted by Crippen LogP contribution is 2.18. The lowest BCUT2D eigenvalue weighted by Crippen LogP contribution is -2.19. The molecule has 4 N–H and O–H groups in total. The highest BCUT2D eigenvalue weighted by atomic mass is 79.9. The molecule has 0 aliphatic rings. The summed E-state index contributed by atoms with van der Waals surface area (Å²) in [6.45, 7) is 0. The molecule has 2 aromatic rings. The molecule has 0 saturated carbocycles. The number of carbonyl (C=O) groups is 1. The van der Waals surface area contributed by atoms with E-state index in [4.69, 9.17) is 5.84 Å². The third-order valence-electron chi connectivity index (χ3n) is 2.05. The minimum atomic E-state index is -0.378. The molecule has 8 heteroatoms. The first kappa shape index (κ1) is 12.4. The molecular weight excluding hydrogens is 300 g/mol. The summed E-state index contributed by atoms with van der Waals surface area (Å²) in [5, 5.41) is 10.0. The molecule has 0 radical (unpaired) electrons. The average molecular weight is 309 g/mol. The van der Waals surface area contributed by atoms with E-state index in [0.29, 0.717) is 15.9 Å². The topological polar surface area (TPSA) is 106 Å². The van der Waals surface area contributed by atoms with Gasteiger partial charge in [0.05, 0.1) is 5.56 Å². The molecule has 7 nitrogen and oxygen atoms in total. The van der Waals surface area contributed by atoms with E-state index in [2.05, 4.69) is 41.9 Å². The number of pyridine rings is 1. The maximum atomic E-state index is 12.0. The number of hydrazine groups is 1. The quantitative estimate of drug-likeness (QED) is 0.580. The van der Waals surface area contributed by atoms with Gasteiger partial charge in [-0.1, -0.05) is 0 Å². The molecule has 1 amide bonds. The van der Waals surface area contributed by atoms with Crippen LogP contribution in [0.25, 0.3) is 0 Å². The molecule has 0 saturated heterocycles.